The van der Waals surface area contributed by atoms with Crippen LogP contribution < -0.4 is 0 Å². The minimum absolute atomic E-state index is 0.320. The molecule has 0 aromatic heterocycles. The number of rotatable bonds is 0. The highest BCUT2D eigenvalue weighted by molar-refractivity contribution is 6.31. The van der Waals surface area contributed by atoms with Crippen molar-refractivity contribution in [3.63, 3.8) is 0 Å². The molecule has 1 N–H and O–H groups in total. The average molecular weight is 229 g/mol. The topological polar surface area (TPSA) is 20.2 Å². The summed E-state index contributed by atoms with van der Waals surface area (Å²) < 4.78 is 13.5. The molecule has 0 aliphatic heterocycles. The Hall–Kier alpha value is -0.600. The van der Waals surface area contributed by atoms with Gasteiger partial charge >= 0.3 is 0 Å². The van der Waals surface area contributed by atoms with Gasteiger partial charge in [-0.25, -0.2) is 4.39 Å². The SMILES string of the molecule is Cc1c(F)cc(Cl)c2c1C(O)CCCC2. The lowest BCUT2D eigenvalue weighted by atomic mass is 9.95. The van der Waals surface area contributed by atoms with Gasteiger partial charge in [0.05, 0.1) is 6.10 Å². The second-order valence-electron chi connectivity index (χ2n) is 4.12. The lowest BCUT2D eigenvalue weighted by Crippen LogP contribution is -2.04. The van der Waals surface area contributed by atoms with E-state index in [4.69, 9.17) is 11.6 Å². The molecule has 1 aliphatic carbocycles. The molecule has 1 atom stereocenters. The fourth-order valence-corrected chi connectivity index (χ4v) is 2.57. The maximum absolute atomic E-state index is 13.5. The van der Waals surface area contributed by atoms with E-state index in [1.54, 1.807) is 6.92 Å². The highest BCUT2D eigenvalue weighted by Crippen LogP contribution is 2.36. The second-order valence-corrected chi connectivity index (χ2v) is 4.53. The lowest BCUT2D eigenvalue weighted by Gasteiger charge is -2.16. The first kappa shape index (κ1) is 10.9. The summed E-state index contributed by atoms with van der Waals surface area (Å²) in [5, 5.41) is 10.4. The molecule has 82 valence electrons. The van der Waals surface area contributed by atoms with Gasteiger partial charge in [-0.15, -0.1) is 0 Å². The Morgan fingerprint density at radius 1 is 1.47 bits per heavy atom. The van der Waals surface area contributed by atoms with Crippen LogP contribution in [0.15, 0.2) is 6.07 Å². The van der Waals surface area contributed by atoms with Crippen LogP contribution in [0.4, 0.5) is 4.39 Å². The Kier molecular flexibility index (Phi) is 2.98. The first-order valence-electron chi connectivity index (χ1n) is 5.26. The smallest absolute Gasteiger partial charge is 0.127 e. The number of aliphatic hydroxyl groups excluding tert-OH is 1. The number of benzene rings is 1. The van der Waals surface area contributed by atoms with Gasteiger partial charge in [0.15, 0.2) is 0 Å². The van der Waals surface area contributed by atoms with E-state index >= 15 is 0 Å². The predicted molar refractivity (Wildman–Crippen MR) is 58.7 cm³/mol. The Labute approximate surface area is 93.9 Å². The second kappa shape index (κ2) is 4.11. The minimum atomic E-state index is -0.560. The lowest BCUT2D eigenvalue weighted by molar-refractivity contribution is 0.165. The normalized spacial score (nSPS) is 20.9. The van der Waals surface area contributed by atoms with Crippen LogP contribution in [0.3, 0.4) is 0 Å². The van der Waals surface area contributed by atoms with E-state index in [0.717, 1.165) is 30.4 Å². The van der Waals surface area contributed by atoms with E-state index in [1.165, 1.54) is 6.07 Å². The zero-order chi connectivity index (χ0) is 11.0. The van der Waals surface area contributed by atoms with Crippen molar-refractivity contribution < 1.29 is 9.50 Å². The van der Waals surface area contributed by atoms with Gasteiger partial charge in [0.2, 0.25) is 0 Å². The molecule has 15 heavy (non-hydrogen) atoms. The molecule has 0 saturated heterocycles. The van der Waals surface area contributed by atoms with Crippen molar-refractivity contribution in [1.29, 1.82) is 0 Å². The van der Waals surface area contributed by atoms with Crippen molar-refractivity contribution in [3.8, 4) is 0 Å². The molecule has 1 aromatic carbocycles. The van der Waals surface area contributed by atoms with Crippen LogP contribution in [-0.2, 0) is 6.42 Å². The third-order valence-corrected chi connectivity index (χ3v) is 3.45. The molecule has 1 nitrogen and oxygen atoms in total. The summed E-state index contributed by atoms with van der Waals surface area (Å²) in [5.41, 5.74) is 2.20. The van der Waals surface area contributed by atoms with Crippen molar-refractivity contribution >= 4 is 11.6 Å². The molecule has 2 rings (SSSR count). The van der Waals surface area contributed by atoms with E-state index in [2.05, 4.69) is 0 Å². The average Bonchev–Trinajstić information content (AvgIpc) is 2.37. The Morgan fingerprint density at radius 3 is 2.93 bits per heavy atom. The van der Waals surface area contributed by atoms with Gasteiger partial charge in [-0.05, 0) is 48.9 Å². The number of halogens is 2. The largest absolute Gasteiger partial charge is 0.388 e. The molecule has 3 heteroatoms. The fraction of sp³-hybridized carbons (Fsp3) is 0.500. The van der Waals surface area contributed by atoms with Crippen LogP contribution in [-0.4, -0.2) is 5.11 Å². The highest BCUT2D eigenvalue weighted by Gasteiger charge is 2.22. The van der Waals surface area contributed by atoms with Gasteiger partial charge in [-0.1, -0.05) is 18.0 Å². The van der Waals surface area contributed by atoms with Crippen molar-refractivity contribution in [1.82, 2.24) is 0 Å². The van der Waals surface area contributed by atoms with Crippen molar-refractivity contribution in [2.45, 2.75) is 38.7 Å². The monoisotopic (exact) mass is 228 g/mol. The minimum Gasteiger partial charge on any atom is -0.388 e. The molecule has 0 radical (unpaired) electrons. The van der Waals surface area contributed by atoms with Crippen LogP contribution >= 0.6 is 11.6 Å². The van der Waals surface area contributed by atoms with Gasteiger partial charge in [0, 0.05) is 5.02 Å². The van der Waals surface area contributed by atoms with Crippen molar-refractivity contribution in [2.24, 2.45) is 0 Å². The van der Waals surface area contributed by atoms with Crippen molar-refractivity contribution in [3.05, 3.63) is 33.6 Å². The summed E-state index contributed by atoms with van der Waals surface area (Å²) >= 11 is 6.01. The zero-order valence-corrected chi connectivity index (χ0v) is 9.44. The van der Waals surface area contributed by atoms with Crippen LogP contribution in [0.1, 0.15) is 42.1 Å². The summed E-state index contributed by atoms with van der Waals surface area (Å²) in [6.45, 7) is 1.71. The molecular formula is C12H14ClFO. The Morgan fingerprint density at radius 2 is 2.20 bits per heavy atom. The molecule has 0 saturated carbocycles. The predicted octanol–water partition coefficient (Wildman–Crippen LogP) is 3.55. The van der Waals surface area contributed by atoms with E-state index < -0.39 is 6.10 Å². The summed E-state index contributed by atoms with van der Waals surface area (Å²) in [6.07, 6.45) is 2.96. The standard InChI is InChI=1S/C12H14ClFO/c1-7-10(14)6-9(13)8-4-2-3-5-11(15)12(7)8/h6,11,15H,2-5H2,1H3. The van der Waals surface area contributed by atoms with Gasteiger partial charge in [0.1, 0.15) is 5.82 Å². The summed E-state index contributed by atoms with van der Waals surface area (Å²) in [6, 6.07) is 1.35. The molecule has 1 unspecified atom stereocenters. The molecule has 0 heterocycles. The van der Waals surface area contributed by atoms with Crippen LogP contribution in [0.2, 0.25) is 5.02 Å². The zero-order valence-electron chi connectivity index (χ0n) is 8.69. The summed E-state index contributed by atoms with van der Waals surface area (Å²) in [5.74, 6) is -0.320. The van der Waals surface area contributed by atoms with Gasteiger partial charge in [-0.3, -0.25) is 0 Å². The quantitative estimate of drug-likeness (QED) is 0.674. The first-order valence-corrected chi connectivity index (χ1v) is 5.64. The van der Waals surface area contributed by atoms with E-state index in [1.807, 2.05) is 0 Å². The Bertz CT molecular complexity index is 390. The van der Waals surface area contributed by atoms with E-state index in [-0.39, 0.29) is 5.82 Å². The molecule has 1 aliphatic rings. The molecule has 0 spiro atoms. The molecular weight excluding hydrogens is 215 g/mol. The molecule has 1 aromatic rings. The van der Waals surface area contributed by atoms with Crippen LogP contribution in [0, 0.1) is 12.7 Å². The third-order valence-electron chi connectivity index (χ3n) is 3.12. The number of hydrogen-bond acceptors (Lipinski definition) is 1. The third kappa shape index (κ3) is 1.88. The van der Waals surface area contributed by atoms with Gasteiger partial charge in [-0.2, -0.15) is 0 Å². The maximum atomic E-state index is 13.5. The van der Waals surface area contributed by atoms with E-state index in [9.17, 15) is 9.50 Å². The molecule has 0 fully saturated rings. The number of hydrogen-bond donors (Lipinski definition) is 1. The molecule has 0 bridgehead atoms. The number of fused-ring (bicyclic) bond motifs is 1. The summed E-state index contributed by atoms with van der Waals surface area (Å²) in [7, 11) is 0. The van der Waals surface area contributed by atoms with Crippen LogP contribution in [0.25, 0.3) is 0 Å². The van der Waals surface area contributed by atoms with Gasteiger partial charge in [0.25, 0.3) is 0 Å². The number of aliphatic hydroxyl groups is 1. The summed E-state index contributed by atoms with van der Waals surface area (Å²) in [4.78, 5) is 0. The maximum Gasteiger partial charge on any atom is 0.127 e. The fourth-order valence-electron chi connectivity index (χ4n) is 2.28. The van der Waals surface area contributed by atoms with Gasteiger partial charge < -0.3 is 5.11 Å². The highest BCUT2D eigenvalue weighted by atomic mass is 35.5. The van der Waals surface area contributed by atoms with E-state index in [0.29, 0.717) is 17.0 Å². The Balaban J connectivity index is 2.63. The first-order chi connectivity index (χ1) is 7.11. The molecule has 0 amide bonds. The van der Waals surface area contributed by atoms with Crippen molar-refractivity contribution in [2.75, 3.05) is 0 Å². The van der Waals surface area contributed by atoms with Crippen LogP contribution in [0.5, 0.6) is 0 Å².